The molecule has 0 unspecified atom stereocenters. The summed E-state index contributed by atoms with van der Waals surface area (Å²) in [5.74, 6) is 0. The monoisotopic (exact) mass is 310 g/mol. The minimum Gasteiger partial charge on any atom is -0.103 e. The van der Waals surface area contributed by atoms with Crippen LogP contribution in [0.3, 0.4) is 0 Å². The van der Waals surface area contributed by atoms with Gasteiger partial charge in [-0.25, -0.2) is 0 Å². The highest BCUT2D eigenvalue weighted by molar-refractivity contribution is 5.98. The van der Waals surface area contributed by atoms with Crippen molar-refractivity contribution < 1.29 is 0 Å². The Labute approximate surface area is 144 Å². The molecule has 3 aromatic carbocycles. The second kappa shape index (κ2) is 7.61. The molecule has 3 aromatic rings. The van der Waals surface area contributed by atoms with Crippen molar-refractivity contribution in [3.8, 4) is 0 Å². The highest BCUT2D eigenvalue weighted by Crippen LogP contribution is 2.34. The fraction of sp³-hybridized carbons (Fsp3) is 0.0833. The third kappa shape index (κ3) is 3.55. The molecule has 0 bridgehead atoms. The van der Waals surface area contributed by atoms with Crippen molar-refractivity contribution in [1.29, 1.82) is 0 Å². The summed E-state index contributed by atoms with van der Waals surface area (Å²) in [4.78, 5) is 0. The van der Waals surface area contributed by atoms with Crippen molar-refractivity contribution in [3.63, 3.8) is 0 Å². The Hall–Kier alpha value is -2.86. The van der Waals surface area contributed by atoms with E-state index in [1.54, 1.807) is 0 Å². The first-order valence-corrected chi connectivity index (χ1v) is 8.31. The van der Waals surface area contributed by atoms with Crippen LogP contribution in [0.2, 0.25) is 0 Å². The van der Waals surface area contributed by atoms with E-state index in [-0.39, 0.29) is 0 Å². The zero-order valence-electron chi connectivity index (χ0n) is 14.1. The third-order valence-corrected chi connectivity index (χ3v) is 4.18. The predicted molar refractivity (Wildman–Crippen MR) is 105 cm³/mol. The molecule has 0 aromatic heterocycles. The summed E-state index contributed by atoms with van der Waals surface area (Å²) in [6.45, 7) is 6.10. The van der Waals surface area contributed by atoms with Gasteiger partial charge in [0.25, 0.3) is 0 Å². The maximum Gasteiger partial charge on any atom is -0.00702 e. The van der Waals surface area contributed by atoms with Gasteiger partial charge in [0.1, 0.15) is 0 Å². The molecule has 3 rings (SSSR count). The van der Waals surface area contributed by atoms with Gasteiger partial charge in [-0.3, -0.25) is 0 Å². The van der Waals surface area contributed by atoms with Crippen LogP contribution in [0.5, 0.6) is 0 Å². The molecule has 0 fully saturated rings. The van der Waals surface area contributed by atoms with E-state index in [9.17, 15) is 0 Å². The van der Waals surface area contributed by atoms with Gasteiger partial charge in [0.2, 0.25) is 0 Å². The second-order valence-electron chi connectivity index (χ2n) is 5.94. The van der Waals surface area contributed by atoms with Crippen LogP contribution >= 0.6 is 0 Å². The van der Waals surface area contributed by atoms with E-state index < -0.39 is 0 Å². The van der Waals surface area contributed by atoms with E-state index in [2.05, 4.69) is 98.4 Å². The molecular formula is C24H22. The van der Waals surface area contributed by atoms with Crippen molar-refractivity contribution in [2.45, 2.75) is 13.3 Å². The first-order chi connectivity index (χ1) is 11.8. The van der Waals surface area contributed by atoms with Crippen LogP contribution < -0.4 is 0 Å². The van der Waals surface area contributed by atoms with Gasteiger partial charge in [-0.15, -0.1) is 6.58 Å². The van der Waals surface area contributed by atoms with Crippen molar-refractivity contribution in [3.05, 3.63) is 120 Å². The number of benzene rings is 3. The molecule has 0 radical (unpaired) electrons. The van der Waals surface area contributed by atoms with E-state index in [1.165, 1.54) is 33.4 Å². The lowest BCUT2D eigenvalue weighted by Gasteiger charge is -2.16. The van der Waals surface area contributed by atoms with Crippen molar-refractivity contribution in [2.24, 2.45) is 0 Å². The molecular weight excluding hydrogens is 288 g/mol. The first kappa shape index (κ1) is 16.0. The van der Waals surface area contributed by atoms with E-state index >= 15 is 0 Å². The lowest BCUT2D eigenvalue weighted by Crippen LogP contribution is -1.95. The maximum atomic E-state index is 3.98. The van der Waals surface area contributed by atoms with E-state index in [1.807, 2.05) is 6.08 Å². The van der Waals surface area contributed by atoms with Crippen LogP contribution in [0.1, 0.15) is 28.7 Å². The summed E-state index contributed by atoms with van der Waals surface area (Å²) in [7, 11) is 0. The second-order valence-corrected chi connectivity index (χ2v) is 5.94. The van der Waals surface area contributed by atoms with Gasteiger partial charge in [-0.1, -0.05) is 96.6 Å². The summed E-state index contributed by atoms with van der Waals surface area (Å²) in [6.07, 6.45) is 2.82. The van der Waals surface area contributed by atoms with Crippen LogP contribution in [-0.4, -0.2) is 0 Å². The highest BCUT2D eigenvalue weighted by Gasteiger charge is 2.12. The molecule has 0 aliphatic rings. The van der Waals surface area contributed by atoms with Gasteiger partial charge in [0.05, 0.1) is 0 Å². The molecule has 0 aliphatic carbocycles. The molecule has 0 aliphatic heterocycles. The Balaban J connectivity index is 2.28. The maximum absolute atomic E-state index is 3.98. The lowest BCUT2D eigenvalue weighted by atomic mass is 9.87. The fourth-order valence-corrected chi connectivity index (χ4v) is 2.99. The lowest BCUT2D eigenvalue weighted by molar-refractivity contribution is 1.38. The molecule has 0 heterocycles. The normalized spacial score (nSPS) is 11.7. The van der Waals surface area contributed by atoms with Gasteiger partial charge in [0.15, 0.2) is 0 Å². The number of aryl methyl sites for hydroxylation is 1. The minimum absolute atomic E-state index is 0.835. The molecule has 0 heteroatoms. The smallest absolute Gasteiger partial charge is 0.00702 e. The summed E-state index contributed by atoms with van der Waals surface area (Å²) in [5, 5.41) is 0. The van der Waals surface area contributed by atoms with Gasteiger partial charge >= 0.3 is 0 Å². The van der Waals surface area contributed by atoms with E-state index in [0.29, 0.717) is 0 Å². The SMILES string of the molecule is C=CC/C(=C(/c1ccccc1)c1ccc(C)cc1)c1ccccc1. The summed E-state index contributed by atoms with van der Waals surface area (Å²) >= 11 is 0. The Morgan fingerprint density at radius 3 is 1.75 bits per heavy atom. The van der Waals surface area contributed by atoms with E-state index in [0.717, 1.165) is 6.42 Å². The third-order valence-electron chi connectivity index (χ3n) is 4.18. The Bertz CT molecular complexity index is 822. The van der Waals surface area contributed by atoms with Gasteiger partial charge in [-0.2, -0.15) is 0 Å². The quantitative estimate of drug-likeness (QED) is 0.371. The predicted octanol–water partition coefficient (Wildman–Crippen LogP) is 6.53. The molecule has 0 nitrogen and oxygen atoms in total. The van der Waals surface area contributed by atoms with E-state index in [4.69, 9.17) is 0 Å². The van der Waals surface area contributed by atoms with Crippen LogP contribution in [0.15, 0.2) is 97.6 Å². The van der Waals surface area contributed by atoms with Gasteiger partial charge in [0, 0.05) is 0 Å². The Morgan fingerprint density at radius 1 is 0.708 bits per heavy atom. The zero-order chi connectivity index (χ0) is 16.8. The van der Waals surface area contributed by atoms with Crippen LogP contribution in [-0.2, 0) is 0 Å². The fourth-order valence-electron chi connectivity index (χ4n) is 2.99. The molecule has 118 valence electrons. The van der Waals surface area contributed by atoms with Crippen molar-refractivity contribution >= 4 is 11.1 Å². The van der Waals surface area contributed by atoms with Gasteiger partial charge < -0.3 is 0 Å². The molecule has 0 saturated heterocycles. The molecule has 0 spiro atoms. The van der Waals surface area contributed by atoms with Crippen LogP contribution in [0.4, 0.5) is 0 Å². The summed E-state index contributed by atoms with van der Waals surface area (Å²) in [5.41, 5.74) is 7.59. The highest BCUT2D eigenvalue weighted by atomic mass is 14.2. The average molecular weight is 310 g/mol. The van der Waals surface area contributed by atoms with Gasteiger partial charge in [-0.05, 0) is 41.2 Å². The standard InChI is InChI=1S/C24H22/c1-3-10-23(20-11-6-4-7-12-20)24(21-13-8-5-9-14-21)22-17-15-19(2)16-18-22/h3-9,11-18H,1,10H2,2H3/b24-23+. The van der Waals surface area contributed by atoms with Crippen molar-refractivity contribution in [2.75, 3.05) is 0 Å². The Kier molecular flexibility index (Phi) is 5.08. The number of hydrogen-bond acceptors (Lipinski definition) is 0. The Morgan fingerprint density at radius 2 is 1.21 bits per heavy atom. The van der Waals surface area contributed by atoms with Crippen LogP contribution in [0, 0.1) is 6.92 Å². The topological polar surface area (TPSA) is 0 Å². The molecule has 0 N–H and O–H groups in total. The first-order valence-electron chi connectivity index (χ1n) is 8.31. The molecule has 24 heavy (non-hydrogen) atoms. The minimum atomic E-state index is 0.835. The largest absolute Gasteiger partial charge is 0.103 e. The number of allylic oxidation sites excluding steroid dienone is 2. The summed E-state index contributed by atoms with van der Waals surface area (Å²) in [6, 6.07) is 30.0. The average Bonchev–Trinajstić information content (AvgIpc) is 2.64. The van der Waals surface area contributed by atoms with Crippen LogP contribution in [0.25, 0.3) is 11.1 Å². The number of hydrogen-bond donors (Lipinski definition) is 0. The molecule has 0 amide bonds. The number of rotatable bonds is 5. The summed E-state index contributed by atoms with van der Waals surface area (Å²) < 4.78 is 0. The zero-order valence-corrected chi connectivity index (χ0v) is 14.1. The molecule has 0 saturated carbocycles. The molecule has 0 atom stereocenters. The van der Waals surface area contributed by atoms with Crippen molar-refractivity contribution in [1.82, 2.24) is 0 Å².